The summed E-state index contributed by atoms with van der Waals surface area (Å²) in [4.78, 5) is 66.7. The highest BCUT2D eigenvalue weighted by Crippen LogP contribution is 2.79. The van der Waals surface area contributed by atoms with Crippen LogP contribution in [0.15, 0.2) is 0 Å². The number of hydrogen-bond donors (Lipinski definition) is 4. The molecule has 2 aliphatic carbocycles. The number of urea groups is 1. The van der Waals surface area contributed by atoms with Crippen molar-refractivity contribution in [1.29, 1.82) is 0 Å². The third kappa shape index (κ3) is 4.95. The van der Waals surface area contributed by atoms with Crippen LogP contribution in [0.4, 0.5) is 4.79 Å². The number of hydrogen-bond acceptors (Lipinski definition) is 5. The molecule has 6 N–H and O–H groups in total. The highest BCUT2D eigenvalue weighted by molar-refractivity contribution is 6.36. The van der Waals surface area contributed by atoms with Crippen molar-refractivity contribution in [2.45, 2.75) is 98.7 Å². The number of carbonyl (C=O) groups is 5. The molecule has 2 saturated carbocycles. The number of nitrogens with two attached hydrogens (primary N) is 2. The van der Waals surface area contributed by atoms with Gasteiger partial charge in [0.25, 0.3) is 5.91 Å². The molecule has 0 spiro atoms. The molecule has 1 aliphatic heterocycles. The molecule has 10 heteroatoms. The van der Waals surface area contributed by atoms with Gasteiger partial charge in [-0.05, 0) is 49.9 Å². The normalized spacial score (nSPS) is 28.4. The number of carbonyl (C=O) groups excluding carboxylic acids is 5. The van der Waals surface area contributed by atoms with Crippen LogP contribution in [0.25, 0.3) is 0 Å². The van der Waals surface area contributed by atoms with Crippen LogP contribution < -0.4 is 22.1 Å². The van der Waals surface area contributed by atoms with Gasteiger partial charge in [-0.25, -0.2) is 4.79 Å². The Morgan fingerprint density at radius 1 is 1.00 bits per heavy atom. The van der Waals surface area contributed by atoms with Crippen molar-refractivity contribution in [1.82, 2.24) is 15.5 Å². The quantitative estimate of drug-likeness (QED) is 0.358. The summed E-state index contributed by atoms with van der Waals surface area (Å²) < 4.78 is 0. The number of ketones is 1. The van der Waals surface area contributed by atoms with E-state index in [0.29, 0.717) is 6.42 Å². The van der Waals surface area contributed by atoms with Crippen molar-refractivity contribution >= 4 is 29.5 Å². The Hall–Kier alpha value is -2.65. The Morgan fingerprint density at radius 2 is 1.57 bits per heavy atom. The average Bonchev–Trinajstić information content (AvgIpc) is 3.00. The van der Waals surface area contributed by atoms with Crippen molar-refractivity contribution < 1.29 is 24.0 Å². The monoisotopic (exact) mass is 519 g/mol. The molecule has 10 nitrogen and oxygen atoms in total. The average molecular weight is 520 g/mol. The zero-order valence-corrected chi connectivity index (χ0v) is 23.6. The second-order valence-electron chi connectivity index (χ2n) is 14.0. The lowest BCUT2D eigenvalue weighted by Crippen LogP contribution is -2.62. The van der Waals surface area contributed by atoms with Gasteiger partial charge in [0.05, 0.1) is 0 Å². The minimum absolute atomic E-state index is 0.209. The van der Waals surface area contributed by atoms with E-state index in [1.807, 2.05) is 55.4 Å². The number of fused-ring (bicyclic) bond motifs is 1. The molecule has 0 aromatic carbocycles. The molecular formula is C27H45N5O5. The molecule has 37 heavy (non-hydrogen) atoms. The van der Waals surface area contributed by atoms with Crippen LogP contribution >= 0.6 is 0 Å². The van der Waals surface area contributed by atoms with Crippen molar-refractivity contribution in [3.05, 3.63) is 0 Å². The van der Waals surface area contributed by atoms with Gasteiger partial charge in [0.15, 0.2) is 0 Å². The fourth-order valence-corrected chi connectivity index (χ4v) is 6.99. The lowest BCUT2D eigenvalue weighted by Gasteiger charge is -2.42. The fourth-order valence-electron chi connectivity index (χ4n) is 6.99. The number of piperidine rings is 1. The van der Waals surface area contributed by atoms with E-state index in [4.69, 9.17) is 11.5 Å². The van der Waals surface area contributed by atoms with Crippen LogP contribution in [0, 0.1) is 34.0 Å². The minimum atomic E-state index is -1.09. The maximum atomic E-state index is 14.0. The van der Waals surface area contributed by atoms with Gasteiger partial charge < -0.3 is 27.0 Å². The maximum Gasteiger partial charge on any atom is 0.315 e. The minimum Gasteiger partial charge on any atom is -0.368 e. The Bertz CT molecular complexity index is 990. The molecule has 0 bridgehead atoms. The molecule has 0 aromatic heterocycles. The Kier molecular flexibility index (Phi) is 7.25. The zero-order valence-electron chi connectivity index (χ0n) is 23.6. The predicted molar refractivity (Wildman–Crippen MR) is 139 cm³/mol. The molecule has 0 radical (unpaired) electrons. The number of nitrogens with zero attached hydrogens (tertiary/aromatic N) is 1. The molecule has 208 valence electrons. The zero-order chi connectivity index (χ0) is 28.3. The molecular weight excluding hydrogens is 474 g/mol. The van der Waals surface area contributed by atoms with Crippen LogP contribution in [0.5, 0.6) is 0 Å². The van der Waals surface area contributed by atoms with E-state index in [9.17, 15) is 24.0 Å². The third-order valence-electron chi connectivity index (χ3n) is 8.98. The Morgan fingerprint density at radius 3 is 1.97 bits per heavy atom. The Labute approximate surface area is 220 Å². The smallest absolute Gasteiger partial charge is 0.315 e. The summed E-state index contributed by atoms with van der Waals surface area (Å²) in [5, 5.41) is 5.61. The Balaban J connectivity index is 2.01. The first-order chi connectivity index (χ1) is 16.8. The largest absolute Gasteiger partial charge is 0.368 e. The van der Waals surface area contributed by atoms with Crippen molar-refractivity contribution in [2.24, 2.45) is 45.5 Å². The molecule has 5 atom stereocenters. The third-order valence-corrected chi connectivity index (χ3v) is 8.98. The lowest BCUT2D eigenvalue weighted by molar-refractivity contribution is -0.148. The van der Waals surface area contributed by atoms with Crippen LogP contribution in [0.1, 0.15) is 81.1 Å². The van der Waals surface area contributed by atoms with E-state index in [0.717, 1.165) is 19.3 Å². The van der Waals surface area contributed by atoms with Crippen LogP contribution in [-0.2, 0) is 19.2 Å². The summed E-state index contributed by atoms with van der Waals surface area (Å²) in [6.45, 7) is 15.1. The molecule has 1 saturated heterocycles. The molecule has 3 unspecified atom stereocenters. The second-order valence-corrected chi connectivity index (χ2v) is 14.0. The summed E-state index contributed by atoms with van der Waals surface area (Å²) in [5.74, 6) is -3.61. The summed E-state index contributed by atoms with van der Waals surface area (Å²) in [6, 6.07) is -2.54. The molecule has 5 amide bonds. The predicted octanol–water partition coefficient (Wildman–Crippen LogP) is 1.70. The molecule has 3 aliphatic rings. The highest BCUT2D eigenvalue weighted by atomic mass is 16.2. The van der Waals surface area contributed by atoms with Gasteiger partial charge in [-0.1, -0.05) is 53.9 Å². The number of nitrogens with one attached hydrogen (secondary N) is 2. The summed E-state index contributed by atoms with van der Waals surface area (Å²) in [7, 11) is 0. The molecule has 0 aromatic rings. The van der Waals surface area contributed by atoms with Gasteiger partial charge >= 0.3 is 6.03 Å². The first-order valence-corrected chi connectivity index (χ1v) is 13.3. The van der Waals surface area contributed by atoms with Crippen molar-refractivity contribution in [3.63, 3.8) is 0 Å². The van der Waals surface area contributed by atoms with Crippen LogP contribution in [0.3, 0.4) is 0 Å². The van der Waals surface area contributed by atoms with E-state index in [1.54, 1.807) is 0 Å². The van der Waals surface area contributed by atoms with Crippen LogP contribution in [0.2, 0.25) is 0 Å². The van der Waals surface area contributed by atoms with E-state index in [1.165, 1.54) is 4.90 Å². The standard InChI is InChI=1S/C27H45N5O5/c1-24(2,3)18(30-23(37)31-25(4,5)6)22(36)32-13-16-26(7,8)27(16,19(32)21(29)35)15(17(33)20(28)34)12-14-10-9-11-14/h14-16,18-19H,9-13H2,1-8H3,(H2,28,34)(H2,29,35)(H2,30,31,37)/t15-,16?,18+,19?,27?/m0/s1. The second kappa shape index (κ2) is 9.27. The summed E-state index contributed by atoms with van der Waals surface area (Å²) in [5.41, 5.74) is 8.79. The molecule has 3 rings (SSSR count). The number of amides is 5. The SMILES string of the molecule is CC(C)(C)NC(=O)N[C@H](C(=O)N1CC2C(C)(C)C2([C@@H](CC2CCC2)C(=O)C(N)=O)C1C(N)=O)C(C)(C)C. The van der Waals surface area contributed by atoms with E-state index < -0.39 is 69.3 Å². The maximum absolute atomic E-state index is 14.0. The van der Waals surface area contributed by atoms with Gasteiger partial charge in [-0.2, -0.15) is 0 Å². The number of likely N-dealkylation sites (tertiary alicyclic amines) is 1. The first-order valence-electron chi connectivity index (χ1n) is 13.3. The molecule has 1 heterocycles. The van der Waals surface area contributed by atoms with E-state index >= 15 is 0 Å². The topological polar surface area (TPSA) is 165 Å². The van der Waals surface area contributed by atoms with Gasteiger partial charge in [0.2, 0.25) is 17.6 Å². The van der Waals surface area contributed by atoms with E-state index in [-0.39, 0.29) is 18.4 Å². The summed E-state index contributed by atoms with van der Waals surface area (Å²) >= 11 is 0. The number of primary amides is 2. The molecule has 3 fully saturated rings. The number of Topliss-reactive ketones (excluding diaryl/α,β-unsaturated/α-hetero) is 1. The fraction of sp³-hybridized carbons (Fsp3) is 0.815. The van der Waals surface area contributed by atoms with Gasteiger partial charge in [-0.15, -0.1) is 0 Å². The number of rotatable bonds is 8. The van der Waals surface area contributed by atoms with Crippen molar-refractivity contribution in [2.75, 3.05) is 6.54 Å². The lowest BCUT2D eigenvalue weighted by atomic mass is 9.67. The highest BCUT2D eigenvalue weighted by Gasteiger charge is 2.84. The van der Waals surface area contributed by atoms with Gasteiger partial charge in [0, 0.05) is 23.4 Å². The van der Waals surface area contributed by atoms with Gasteiger partial charge in [-0.3, -0.25) is 19.2 Å². The first kappa shape index (κ1) is 28.9. The van der Waals surface area contributed by atoms with Gasteiger partial charge in [0.1, 0.15) is 12.1 Å². The van der Waals surface area contributed by atoms with E-state index in [2.05, 4.69) is 10.6 Å². The van der Waals surface area contributed by atoms with Crippen molar-refractivity contribution in [3.8, 4) is 0 Å². The summed E-state index contributed by atoms with van der Waals surface area (Å²) in [6.07, 6.45) is 3.41. The van der Waals surface area contributed by atoms with Crippen LogP contribution in [-0.4, -0.2) is 58.6 Å².